The molecule has 0 bridgehead atoms. The first-order chi connectivity index (χ1) is 7.15. The van der Waals surface area contributed by atoms with Crippen molar-refractivity contribution in [2.45, 2.75) is 32.1 Å². The highest BCUT2D eigenvalue weighted by molar-refractivity contribution is 8.14. The van der Waals surface area contributed by atoms with Crippen LogP contribution in [-0.2, 0) is 0 Å². The van der Waals surface area contributed by atoms with Crippen LogP contribution in [0.15, 0.2) is 15.6 Å². The van der Waals surface area contributed by atoms with Crippen LogP contribution < -0.4 is 5.32 Å². The van der Waals surface area contributed by atoms with Gasteiger partial charge >= 0.3 is 0 Å². The third kappa shape index (κ3) is 2.53. The van der Waals surface area contributed by atoms with Gasteiger partial charge in [-0.05, 0) is 13.8 Å². The lowest BCUT2D eigenvalue weighted by Gasteiger charge is -2.10. The van der Waals surface area contributed by atoms with Gasteiger partial charge in [0.1, 0.15) is 11.8 Å². The number of aliphatic imine (C=N–C) groups is 1. The van der Waals surface area contributed by atoms with Crippen molar-refractivity contribution in [3.05, 3.63) is 17.8 Å². The molecule has 0 saturated heterocycles. The summed E-state index contributed by atoms with van der Waals surface area (Å²) in [4.78, 5) is 8.57. The summed E-state index contributed by atoms with van der Waals surface area (Å²) in [5.41, 5.74) is 0. The highest BCUT2D eigenvalue weighted by atomic mass is 32.2. The molecule has 2 heterocycles. The van der Waals surface area contributed by atoms with E-state index in [1.54, 1.807) is 18.0 Å². The fourth-order valence-electron chi connectivity index (χ4n) is 1.38. The summed E-state index contributed by atoms with van der Waals surface area (Å²) in [6.07, 6.45) is 1.74. The molecule has 1 aromatic heterocycles. The van der Waals surface area contributed by atoms with E-state index >= 15 is 0 Å². The van der Waals surface area contributed by atoms with Crippen LogP contribution in [0.25, 0.3) is 0 Å². The Kier molecular flexibility index (Phi) is 3.00. The molecule has 15 heavy (non-hydrogen) atoms. The molecule has 2 atom stereocenters. The van der Waals surface area contributed by atoms with Gasteiger partial charge in [-0.2, -0.15) is 0 Å². The van der Waals surface area contributed by atoms with Crippen molar-refractivity contribution in [1.29, 1.82) is 0 Å². The Balaban J connectivity index is 1.95. The van der Waals surface area contributed by atoms with Gasteiger partial charge in [0.25, 0.3) is 0 Å². The fourth-order valence-corrected chi connectivity index (χ4v) is 2.30. The van der Waals surface area contributed by atoms with Gasteiger partial charge in [-0.1, -0.05) is 18.7 Å². The zero-order valence-electron chi connectivity index (χ0n) is 9.15. The second-order valence-electron chi connectivity index (χ2n) is 3.75. The number of thioether (sulfide) groups is 1. The lowest BCUT2D eigenvalue weighted by atomic mass is 10.3. The maximum atomic E-state index is 5.44. The SMILES string of the molecule is Cc1cnc(C(C)NC2=NCC(C)S2)o1. The van der Waals surface area contributed by atoms with Gasteiger partial charge in [-0.15, -0.1) is 0 Å². The van der Waals surface area contributed by atoms with Crippen molar-refractivity contribution in [3.63, 3.8) is 0 Å². The molecule has 2 rings (SSSR count). The van der Waals surface area contributed by atoms with E-state index in [1.165, 1.54) is 0 Å². The summed E-state index contributed by atoms with van der Waals surface area (Å²) in [7, 11) is 0. The van der Waals surface area contributed by atoms with Crippen LogP contribution in [0.4, 0.5) is 0 Å². The molecule has 1 aromatic rings. The topological polar surface area (TPSA) is 50.4 Å². The minimum Gasteiger partial charge on any atom is -0.444 e. The first-order valence-electron chi connectivity index (χ1n) is 5.05. The van der Waals surface area contributed by atoms with Gasteiger partial charge in [0, 0.05) is 5.25 Å². The van der Waals surface area contributed by atoms with Crippen molar-refractivity contribution < 1.29 is 4.42 Å². The zero-order valence-corrected chi connectivity index (χ0v) is 9.97. The molecule has 0 spiro atoms. The van der Waals surface area contributed by atoms with Gasteiger partial charge < -0.3 is 9.73 Å². The monoisotopic (exact) mass is 225 g/mol. The molecule has 0 saturated carbocycles. The molecule has 0 fully saturated rings. The lowest BCUT2D eigenvalue weighted by molar-refractivity contribution is 0.430. The molecular formula is C10H15N3OS. The molecule has 0 aliphatic carbocycles. The Morgan fingerprint density at radius 3 is 3.00 bits per heavy atom. The number of oxazole rings is 1. The smallest absolute Gasteiger partial charge is 0.216 e. The Bertz CT molecular complexity index is 374. The summed E-state index contributed by atoms with van der Waals surface area (Å²) in [6.45, 7) is 6.98. The molecule has 1 aliphatic rings. The van der Waals surface area contributed by atoms with Crippen LogP contribution in [0.5, 0.6) is 0 Å². The number of aromatic nitrogens is 1. The van der Waals surface area contributed by atoms with Crippen LogP contribution in [0.2, 0.25) is 0 Å². The minimum absolute atomic E-state index is 0.0789. The lowest BCUT2D eigenvalue weighted by Crippen LogP contribution is -2.23. The maximum absolute atomic E-state index is 5.44. The van der Waals surface area contributed by atoms with Crippen molar-refractivity contribution >= 4 is 16.9 Å². The summed E-state index contributed by atoms with van der Waals surface area (Å²) < 4.78 is 5.44. The van der Waals surface area contributed by atoms with Gasteiger partial charge in [-0.25, -0.2) is 4.98 Å². The Hall–Kier alpha value is -0.970. The standard InChI is InChI=1S/C10H15N3OS/c1-6-4-11-9(14-6)8(3)13-10-12-5-7(2)15-10/h4,7-8H,5H2,1-3H3,(H,12,13). The normalized spacial score (nSPS) is 22.6. The predicted molar refractivity (Wildman–Crippen MR) is 62.1 cm³/mol. The van der Waals surface area contributed by atoms with Gasteiger partial charge in [0.05, 0.1) is 12.7 Å². The highest BCUT2D eigenvalue weighted by Gasteiger charge is 2.19. The van der Waals surface area contributed by atoms with Crippen molar-refractivity contribution in [2.24, 2.45) is 4.99 Å². The summed E-state index contributed by atoms with van der Waals surface area (Å²) >= 11 is 1.76. The molecule has 0 radical (unpaired) electrons. The largest absolute Gasteiger partial charge is 0.444 e. The second-order valence-corrected chi connectivity index (χ2v) is 5.18. The molecular weight excluding hydrogens is 210 g/mol. The average Bonchev–Trinajstić information content (AvgIpc) is 2.75. The van der Waals surface area contributed by atoms with Crippen LogP contribution in [-0.4, -0.2) is 21.9 Å². The van der Waals surface area contributed by atoms with Crippen LogP contribution in [0.1, 0.15) is 31.5 Å². The molecule has 2 unspecified atom stereocenters. The number of nitrogens with zero attached hydrogens (tertiary/aromatic N) is 2. The quantitative estimate of drug-likeness (QED) is 0.837. The Labute approximate surface area is 93.6 Å². The molecule has 1 N–H and O–H groups in total. The summed E-state index contributed by atoms with van der Waals surface area (Å²) in [5, 5.41) is 4.86. The van der Waals surface area contributed by atoms with E-state index in [0.29, 0.717) is 5.25 Å². The van der Waals surface area contributed by atoms with E-state index in [-0.39, 0.29) is 6.04 Å². The number of aryl methyl sites for hydroxylation is 1. The first-order valence-corrected chi connectivity index (χ1v) is 5.93. The Morgan fingerprint density at radius 1 is 1.67 bits per heavy atom. The van der Waals surface area contributed by atoms with E-state index in [2.05, 4.69) is 22.2 Å². The second kappa shape index (κ2) is 4.26. The first kappa shape index (κ1) is 10.5. The number of rotatable bonds is 2. The number of hydrogen-bond donors (Lipinski definition) is 1. The molecule has 82 valence electrons. The Morgan fingerprint density at radius 2 is 2.47 bits per heavy atom. The highest BCUT2D eigenvalue weighted by Crippen LogP contribution is 2.21. The van der Waals surface area contributed by atoms with Gasteiger partial charge in [-0.3, -0.25) is 4.99 Å². The fraction of sp³-hybridized carbons (Fsp3) is 0.600. The number of hydrogen-bond acceptors (Lipinski definition) is 5. The van der Waals surface area contributed by atoms with E-state index < -0.39 is 0 Å². The molecule has 4 nitrogen and oxygen atoms in total. The van der Waals surface area contributed by atoms with Crippen LogP contribution in [0, 0.1) is 6.92 Å². The third-order valence-corrected chi connectivity index (χ3v) is 3.18. The molecule has 0 aromatic carbocycles. The van der Waals surface area contributed by atoms with Gasteiger partial charge in [0.2, 0.25) is 5.89 Å². The summed E-state index contributed by atoms with van der Waals surface area (Å²) in [5.74, 6) is 1.56. The van der Waals surface area contributed by atoms with Crippen LogP contribution >= 0.6 is 11.8 Å². The number of amidine groups is 1. The molecule has 0 amide bonds. The van der Waals surface area contributed by atoms with Crippen molar-refractivity contribution in [1.82, 2.24) is 10.3 Å². The van der Waals surface area contributed by atoms with Gasteiger partial charge in [0.15, 0.2) is 5.17 Å². The zero-order chi connectivity index (χ0) is 10.8. The van der Waals surface area contributed by atoms with E-state index in [4.69, 9.17) is 4.42 Å². The number of nitrogens with one attached hydrogen (secondary N) is 1. The summed E-state index contributed by atoms with van der Waals surface area (Å²) in [6, 6.07) is 0.0789. The van der Waals surface area contributed by atoms with Crippen molar-refractivity contribution in [3.8, 4) is 0 Å². The molecule has 1 aliphatic heterocycles. The van der Waals surface area contributed by atoms with E-state index in [1.807, 2.05) is 13.8 Å². The van der Waals surface area contributed by atoms with E-state index in [0.717, 1.165) is 23.4 Å². The van der Waals surface area contributed by atoms with Crippen molar-refractivity contribution in [2.75, 3.05) is 6.54 Å². The van der Waals surface area contributed by atoms with Crippen LogP contribution in [0.3, 0.4) is 0 Å². The minimum atomic E-state index is 0.0789. The molecule has 5 heteroatoms. The third-order valence-electron chi connectivity index (χ3n) is 2.15. The predicted octanol–water partition coefficient (Wildman–Crippen LogP) is 2.12. The van der Waals surface area contributed by atoms with E-state index in [9.17, 15) is 0 Å². The average molecular weight is 225 g/mol. The maximum Gasteiger partial charge on any atom is 0.216 e.